The standard InChI is InChI=1S/C25H30Cl2N2O6/c1-25(11-13-29(25)24(32)35-22-14-20(33-2)9-10-21(22)27)16-34-17-28(12-3-4-23(30)31)15-18-5-7-19(26)8-6-18/h5-10,14H,3-4,11-13,15-17H2,1-2H3,(H,30,31). The second-order valence-corrected chi connectivity index (χ2v) is 9.56. The van der Waals surface area contributed by atoms with Crippen molar-refractivity contribution in [3.63, 3.8) is 0 Å². The number of carboxylic acid groups (broad SMARTS) is 1. The Morgan fingerprint density at radius 1 is 1.17 bits per heavy atom. The molecule has 1 saturated heterocycles. The number of hydrogen-bond donors (Lipinski definition) is 1. The summed E-state index contributed by atoms with van der Waals surface area (Å²) in [6, 6.07) is 12.4. The molecule has 1 unspecified atom stereocenters. The molecule has 1 atom stereocenters. The lowest BCUT2D eigenvalue weighted by Gasteiger charge is -2.49. The number of rotatable bonds is 12. The number of methoxy groups -OCH3 is 1. The van der Waals surface area contributed by atoms with Crippen molar-refractivity contribution in [1.29, 1.82) is 0 Å². The van der Waals surface area contributed by atoms with E-state index < -0.39 is 17.6 Å². The van der Waals surface area contributed by atoms with E-state index in [9.17, 15) is 9.59 Å². The van der Waals surface area contributed by atoms with Crippen LogP contribution in [0.4, 0.5) is 4.79 Å². The number of aliphatic carboxylic acids is 1. The molecule has 0 aliphatic carbocycles. The number of halogens is 2. The van der Waals surface area contributed by atoms with Gasteiger partial charge in [-0.05, 0) is 49.6 Å². The molecule has 0 saturated carbocycles. The lowest BCUT2D eigenvalue weighted by Crippen LogP contribution is -2.63. The van der Waals surface area contributed by atoms with Crippen LogP contribution >= 0.6 is 23.2 Å². The second-order valence-electron chi connectivity index (χ2n) is 8.72. The first-order chi connectivity index (χ1) is 16.7. The van der Waals surface area contributed by atoms with E-state index in [0.717, 1.165) is 12.0 Å². The molecule has 1 aliphatic rings. The summed E-state index contributed by atoms with van der Waals surface area (Å²) in [5, 5.41) is 9.94. The van der Waals surface area contributed by atoms with E-state index in [4.69, 9.17) is 42.5 Å². The summed E-state index contributed by atoms with van der Waals surface area (Å²) in [4.78, 5) is 27.4. The van der Waals surface area contributed by atoms with Crippen molar-refractivity contribution in [2.45, 2.75) is 38.3 Å². The van der Waals surface area contributed by atoms with E-state index in [-0.39, 0.29) is 12.2 Å². The average Bonchev–Trinajstić information content (AvgIpc) is 2.80. The van der Waals surface area contributed by atoms with Crippen LogP contribution in [-0.2, 0) is 16.1 Å². The minimum absolute atomic E-state index is 0.0846. The quantitative estimate of drug-likeness (QED) is 0.376. The van der Waals surface area contributed by atoms with Crippen molar-refractivity contribution in [3.8, 4) is 11.5 Å². The lowest BCUT2D eigenvalue weighted by molar-refractivity contribution is -0.137. The second kappa shape index (κ2) is 12.4. The monoisotopic (exact) mass is 524 g/mol. The molecule has 0 spiro atoms. The molecule has 2 aromatic rings. The van der Waals surface area contributed by atoms with Gasteiger partial charge in [0.15, 0.2) is 5.75 Å². The number of carbonyl (C=O) groups excluding carboxylic acids is 1. The third kappa shape index (κ3) is 7.73. The number of carbonyl (C=O) groups is 2. The van der Waals surface area contributed by atoms with Gasteiger partial charge in [-0.3, -0.25) is 14.6 Å². The molecule has 10 heteroatoms. The van der Waals surface area contributed by atoms with Crippen molar-refractivity contribution in [2.24, 2.45) is 0 Å². The van der Waals surface area contributed by atoms with Gasteiger partial charge >= 0.3 is 12.1 Å². The predicted octanol–water partition coefficient (Wildman–Crippen LogP) is 5.31. The summed E-state index contributed by atoms with van der Waals surface area (Å²) in [6.07, 6.45) is 0.853. The van der Waals surface area contributed by atoms with Crippen LogP contribution in [-0.4, -0.2) is 66.0 Å². The summed E-state index contributed by atoms with van der Waals surface area (Å²) in [6.45, 7) is 4.25. The first-order valence-corrected chi connectivity index (χ1v) is 12.0. The third-order valence-corrected chi connectivity index (χ3v) is 6.52. The molecule has 0 bridgehead atoms. The van der Waals surface area contributed by atoms with Crippen molar-refractivity contribution in [1.82, 2.24) is 9.80 Å². The van der Waals surface area contributed by atoms with E-state index in [0.29, 0.717) is 55.2 Å². The molecule has 1 amide bonds. The molecule has 0 radical (unpaired) electrons. The Hall–Kier alpha value is -2.52. The Morgan fingerprint density at radius 3 is 2.54 bits per heavy atom. The zero-order valence-electron chi connectivity index (χ0n) is 19.8. The van der Waals surface area contributed by atoms with E-state index in [1.165, 1.54) is 7.11 Å². The van der Waals surface area contributed by atoms with Gasteiger partial charge in [0.1, 0.15) is 5.75 Å². The fraction of sp³-hybridized carbons (Fsp3) is 0.440. The minimum atomic E-state index is -0.829. The normalized spacial score (nSPS) is 17.2. The molecule has 1 heterocycles. The zero-order valence-corrected chi connectivity index (χ0v) is 21.3. The zero-order chi connectivity index (χ0) is 25.4. The summed E-state index contributed by atoms with van der Waals surface area (Å²) in [5.74, 6) is -0.0565. The van der Waals surface area contributed by atoms with Crippen LogP contribution in [0.1, 0.15) is 31.7 Å². The van der Waals surface area contributed by atoms with Crippen LogP contribution in [0.2, 0.25) is 10.0 Å². The van der Waals surface area contributed by atoms with Gasteiger partial charge in [0.05, 0.1) is 31.0 Å². The average molecular weight is 525 g/mol. The molecule has 190 valence electrons. The highest BCUT2D eigenvalue weighted by Crippen LogP contribution is 2.34. The number of benzene rings is 2. The SMILES string of the molecule is COc1ccc(Cl)c(OC(=O)N2CCC2(C)COCN(CCCC(=O)O)Cc2ccc(Cl)cc2)c1. The van der Waals surface area contributed by atoms with Crippen LogP contribution in [0, 0.1) is 0 Å². The molecule has 1 N–H and O–H groups in total. The molecular formula is C25H30Cl2N2O6. The molecule has 1 fully saturated rings. The molecular weight excluding hydrogens is 495 g/mol. The lowest BCUT2D eigenvalue weighted by atomic mass is 9.88. The Bertz CT molecular complexity index is 1020. The highest BCUT2D eigenvalue weighted by atomic mass is 35.5. The number of likely N-dealkylation sites (tertiary alicyclic amines) is 1. The van der Waals surface area contributed by atoms with Gasteiger partial charge in [0.2, 0.25) is 0 Å². The van der Waals surface area contributed by atoms with Gasteiger partial charge in [-0.2, -0.15) is 0 Å². The number of amides is 1. The van der Waals surface area contributed by atoms with Crippen LogP contribution in [0.3, 0.4) is 0 Å². The molecule has 8 nitrogen and oxygen atoms in total. The van der Waals surface area contributed by atoms with E-state index >= 15 is 0 Å². The highest BCUT2D eigenvalue weighted by molar-refractivity contribution is 6.32. The fourth-order valence-electron chi connectivity index (χ4n) is 3.79. The Balaban J connectivity index is 1.55. The Labute approximate surface area is 215 Å². The first kappa shape index (κ1) is 27.1. The fourth-order valence-corrected chi connectivity index (χ4v) is 4.07. The summed E-state index contributed by atoms with van der Waals surface area (Å²) in [5.41, 5.74) is 0.527. The number of hydrogen-bond acceptors (Lipinski definition) is 6. The Morgan fingerprint density at radius 2 is 1.91 bits per heavy atom. The van der Waals surface area contributed by atoms with E-state index in [1.54, 1.807) is 23.1 Å². The van der Waals surface area contributed by atoms with E-state index in [1.807, 2.05) is 36.1 Å². The smallest absolute Gasteiger partial charge is 0.415 e. The van der Waals surface area contributed by atoms with Gasteiger partial charge in [-0.15, -0.1) is 0 Å². The van der Waals surface area contributed by atoms with Crippen molar-refractivity contribution in [3.05, 3.63) is 58.1 Å². The molecule has 35 heavy (non-hydrogen) atoms. The topological polar surface area (TPSA) is 88.5 Å². The number of nitrogens with zero attached hydrogens (tertiary/aromatic N) is 2. The Kier molecular flexibility index (Phi) is 9.63. The number of ether oxygens (including phenoxy) is 3. The highest BCUT2D eigenvalue weighted by Gasteiger charge is 2.45. The summed E-state index contributed by atoms with van der Waals surface area (Å²) in [7, 11) is 1.52. The van der Waals surface area contributed by atoms with Gasteiger partial charge in [0, 0.05) is 37.1 Å². The molecule has 0 aromatic heterocycles. The minimum Gasteiger partial charge on any atom is -0.497 e. The molecule has 3 rings (SSSR count). The van der Waals surface area contributed by atoms with Gasteiger partial charge in [-0.1, -0.05) is 35.3 Å². The van der Waals surface area contributed by atoms with E-state index in [2.05, 4.69) is 0 Å². The maximum absolute atomic E-state index is 12.8. The first-order valence-electron chi connectivity index (χ1n) is 11.3. The van der Waals surface area contributed by atoms with Crippen molar-refractivity contribution < 1.29 is 28.9 Å². The van der Waals surface area contributed by atoms with Crippen molar-refractivity contribution in [2.75, 3.05) is 33.5 Å². The van der Waals surface area contributed by atoms with Crippen molar-refractivity contribution >= 4 is 35.3 Å². The molecule has 2 aromatic carbocycles. The maximum Gasteiger partial charge on any atom is 0.415 e. The van der Waals surface area contributed by atoms with Gasteiger partial charge < -0.3 is 19.3 Å². The van der Waals surface area contributed by atoms with Crippen LogP contribution in [0.15, 0.2) is 42.5 Å². The molecule has 1 aliphatic heterocycles. The van der Waals surface area contributed by atoms with Gasteiger partial charge in [0.25, 0.3) is 0 Å². The maximum atomic E-state index is 12.8. The largest absolute Gasteiger partial charge is 0.497 e. The van der Waals surface area contributed by atoms with Gasteiger partial charge in [-0.25, -0.2) is 4.79 Å². The predicted molar refractivity (Wildman–Crippen MR) is 133 cm³/mol. The van der Waals surface area contributed by atoms with Crippen LogP contribution in [0.5, 0.6) is 11.5 Å². The van der Waals surface area contributed by atoms with Crippen LogP contribution < -0.4 is 9.47 Å². The van der Waals surface area contributed by atoms with Crippen LogP contribution in [0.25, 0.3) is 0 Å². The third-order valence-electron chi connectivity index (χ3n) is 5.95. The summed E-state index contributed by atoms with van der Waals surface area (Å²) < 4.78 is 16.7. The summed E-state index contributed by atoms with van der Waals surface area (Å²) >= 11 is 12.1. The number of carboxylic acids is 1.